The maximum atomic E-state index is 13.6. The molecule has 0 bridgehead atoms. The van der Waals surface area contributed by atoms with E-state index in [1.165, 1.54) is 16.6 Å². The van der Waals surface area contributed by atoms with Gasteiger partial charge in [0.1, 0.15) is 22.2 Å². The summed E-state index contributed by atoms with van der Waals surface area (Å²) >= 11 is 1.10. The Balaban J connectivity index is 1.68. The molecule has 1 aliphatic heterocycles. The molecule has 0 saturated carbocycles. The summed E-state index contributed by atoms with van der Waals surface area (Å²) in [5.74, 6) is -0.464. The Kier molecular flexibility index (Phi) is 5.88. The third kappa shape index (κ3) is 4.65. The van der Waals surface area contributed by atoms with Crippen molar-refractivity contribution in [2.24, 2.45) is 0 Å². The topological polar surface area (TPSA) is 102 Å². The van der Waals surface area contributed by atoms with Gasteiger partial charge in [-0.1, -0.05) is 29.4 Å². The van der Waals surface area contributed by atoms with E-state index in [-0.39, 0.29) is 17.2 Å². The van der Waals surface area contributed by atoms with Crippen LogP contribution in [0.2, 0.25) is 19.6 Å². The van der Waals surface area contributed by atoms with Gasteiger partial charge in [-0.2, -0.15) is 4.31 Å². The number of hydrogen-bond acceptors (Lipinski definition) is 7. The van der Waals surface area contributed by atoms with Gasteiger partial charge in [0.25, 0.3) is 15.9 Å². The molecule has 31 heavy (non-hydrogen) atoms. The lowest BCUT2D eigenvalue weighted by Gasteiger charge is -2.35. The Morgan fingerprint density at radius 1 is 1.19 bits per heavy atom. The first-order valence-corrected chi connectivity index (χ1v) is 15.4. The Morgan fingerprint density at radius 2 is 1.94 bits per heavy atom. The fourth-order valence-electron chi connectivity index (χ4n) is 3.30. The molecule has 3 heterocycles. The number of nitrogens with one attached hydrogen (secondary N) is 1. The van der Waals surface area contributed by atoms with Crippen LogP contribution in [0.15, 0.2) is 57.5 Å². The van der Waals surface area contributed by atoms with Crippen molar-refractivity contribution in [3.63, 3.8) is 0 Å². The van der Waals surface area contributed by atoms with Crippen LogP contribution in [0.1, 0.15) is 11.1 Å². The zero-order valence-electron chi connectivity index (χ0n) is 17.4. The minimum Gasteiger partial charge on any atom is -0.364 e. The van der Waals surface area contributed by atoms with Crippen LogP contribution < -0.4 is 5.48 Å². The van der Waals surface area contributed by atoms with E-state index in [1.807, 2.05) is 43.9 Å². The summed E-state index contributed by atoms with van der Waals surface area (Å²) in [6, 6.07) is 11.6. The fourth-order valence-corrected chi connectivity index (χ4v) is 6.67. The number of amides is 1. The molecule has 1 aliphatic rings. The van der Waals surface area contributed by atoms with Gasteiger partial charge < -0.3 is 9.05 Å². The highest BCUT2D eigenvalue weighted by atomic mass is 32.2. The van der Waals surface area contributed by atoms with Crippen LogP contribution in [0.5, 0.6) is 0 Å². The van der Waals surface area contributed by atoms with Crippen molar-refractivity contribution in [1.82, 2.24) is 14.9 Å². The molecule has 0 unspecified atom stereocenters. The number of carbonyl (C=O) groups excluding carboxylic acids is 1. The average molecular weight is 478 g/mol. The first-order valence-electron chi connectivity index (χ1n) is 9.72. The number of fused-ring (bicyclic) bond motifs is 1. The summed E-state index contributed by atoms with van der Waals surface area (Å²) in [4.78, 5) is 13.7. The van der Waals surface area contributed by atoms with Gasteiger partial charge in [0, 0.05) is 12.6 Å². The Morgan fingerprint density at radius 3 is 2.61 bits per heavy atom. The van der Waals surface area contributed by atoms with Gasteiger partial charge in [0.05, 0.1) is 4.88 Å². The van der Waals surface area contributed by atoms with Crippen molar-refractivity contribution < 1.29 is 22.3 Å². The summed E-state index contributed by atoms with van der Waals surface area (Å²) in [6.45, 7) is 5.93. The maximum absolute atomic E-state index is 13.6. The van der Waals surface area contributed by atoms with Gasteiger partial charge in [-0.25, -0.2) is 13.9 Å². The Hall–Kier alpha value is -2.31. The lowest BCUT2D eigenvalue weighted by molar-refractivity contribution is -0.132. The zero-order valence-corrected chi connectivity index (χ0v) is 20.0. The monoisotopic (exact) mass is 477 g/mol. The van der Waals surface area contributed by atoms with E-state index in [0.29, 0.717) is 10.6 Å². The third-order valence-corrected chi connectivity index (χ3v) is 8.94. The highest BCUT2D eigenvalue weighted by Crippen LogP contribution is 2.35. The van der Waals surface area contributed by atoms with Crippen LogP contribution in [0.4, 0.5) is 0 Å². The minimum atomic E-state index is -3.93. The lowest BCUT2D eigenvalue weighted by Crippen LogP contribution is -2.53. The van der Waals surface area contributed by atoms with E-state index in [0.717, 1.165) is 22.5 Å². The number of hydroxylamine groups is 1. The second kappa shape index (κ2) is 8.32. The molecular weight excluding hydrogens is 454 g/mol. The van der Waals surface area contributed by atoms with Crippen molar-refractivity contribution in [2.75, 3.05) is 0 Å². The number of benzene rings is 1. The van der Waals surface area contributed by atoms with Crippen LogP contribution in [-0.4, -0.2) is 38.1 Å². The van der Waals surface area contributed by atoms with E-state index in [1.54, 1.807) is 12.1 Å². The molecular formula is C20H23N3O5S2Si. The van der Waals surface area contributed by atoms with Gasteiger partial charge in [-0.15, -0.1) is 11.3 Å². The molecule has 8 nitrogen and oxygen atoms in total. The first kappa shape index (κ1) is 21.9. The molecule has 4 rings (SSSR count). The molecule has 3 aromatic rings. The minimum absolute atomic E-state index is 0.112. The molecule has 0 radical (unpaired) electrons. The quantitative estimate of drug-likeness (QED) is 0.431. The fraction of sp³-hybridized carbons (Fsp3) is 0.300. The number of aromatic nitrogens is 1. The van der Waals surface area contributed by atoms with Crippen LogP contribution in [0.25, 0.3) is 10.6 Å². The summed E-state index contributed by atoms with van der Waals surface area (Å²) in [5, 5.41) is 3.86. The van der Waals surface area contributed by atoms with Crippen molar-refractivity contribution in [1.29, 1.82) is 0 Å². The predicted molar refractivity (Wildman–Crippen MR) is 119 cm³/mol. The second-order valence-electron chi connectivity index (χ2n) is 8.22. The highest BCUT2D eigenvalue weighted by Gasteiger charge is 2.40. The van der Waals surface area contributed by atoms with Crippen LogP contribution in [0.3, 0.4) is 0 Å². The van der Waals surface area contributed by atoms with Crippen molar-refractivity contribution in [3.05, 3.63) is 59.9 Å². The van der Waals surface area contributed by atoms with E-state index < -0.39 is 30.3 Å². The molecule has 0 spiro atoms. The number of carbonyl (C=O) groups is 1. The van der Waals surface area contributed by atoms with E-state index in [2.05, 4.69) is 10.6 Å². The first-order chi connectivity index (χ1) is 14.6. The average Bonchev–Trinajstić information content (AvgIpc) is 3.42. The van der Waals surface area contributed by atoms with Gasteiger partial charge in [0.15, 0.2) is 0 Å². The van der Waals surface area contributed by atoms with E-state index >= 15 is 0 Å². The van der Waals surface area contributed by atoms with Crippen LogP contribution in [-0.2, 0) is 32.3 Å². The van der Waals surface area contributed by atoms with Crippen LogP contribution in [0, 0.1) is 0 Å². The Bertz CT molecular complexity index is 1190. The summed E-state index contributed by atoms with van der Waals surface area (Å²) in [6.07, 6.45) is 1.71. The smallest absolute Gasteiger partial charge is 0.261 e. The summed E-state index contributed by atoms with van der Waals surface area (Å²) < 4.78 is 39.0. The maximum Gasteiger partial charge on any atom is 0.261 e. The Labute approximate surface area is 186 Å². The van der Waals surface area contributed by atoms with Crippen molar-refractivity contribution in [2.45, 2.75) is 42.9 Å². The molecule has 0 aliphatic carbocycles. The number of thiophene rings is 1. The molecule has 1 amide bonds. The molecule has 0 fully saturated rings. The summed E-state index contributed by atoms with van der Waals surface area (Å²) in [7, 11) is -5.96. The zero-order chi connectivity index (χ0) is 22.2. The van der Waals surface area contributed by atoms with Gasteiger partial charge >= 0.3 is 0 Å². The molecule has 2 aromatic heterocycles. The number of nitrogens with zero attached hydrogens (tertiary/aromatic N) is 2. The number of sulfonamides is 1. The molecule has 164 valence electrons. The van der Waals surface area contributed by atoms with E-state index in [4.69, 9.17) is 9.05 Å². The second-order valence-corrected chi connectivity index (χ2v) is 15.9. The molecule has 1 N–H and O–H groups in total. The standard InChI is InChI=1S/C20H23N3O5S2Si/c1-31(2,3)28-22-20(24)17-12-14-6-4-5-7-15(14)13-23(17)30(25,26)19-9-8-18(29-19)16-10-11-27-21-16/h4-11,17H,12-13H2,1-3H3,(H,22,24)/t17-/m1/s1. The third-order valence-electron chi connectivity index (χ3n) is 4.80. The normalized spacial score (nSPS) is 17.3. The highest BCUT2D eigenvalue weighted by molar-refractivity contribution is 7.91. The lowest BCUT2D eigenvalue weighted by atomic mass is 9.95. The van der Waals surface area contributed by atoms with Gasteiger partial charge in [-0.3, -0.25) is 4.79 Å². The molecule has 0 saturated heterocycles. The number of rotatable bonds is 6. The molecule has 1 atom stereocenters. The van der Waals surface area contributed by atoms with Crippen LogP contribution >= 0.6 is 11.3 Å². The van der Waals surface area contributed by atoms with E-state index in [9.17, 15) is 13.2 Å². The van der Waals surface area contributed by atoms with Gasteiger partial charge in [0.2, 0.25) is 8.32 Å². The van der Waals surface area contributed by atoms with Crippen molar-refractivity contribution >= 4 is 35.6 Å². The SMILES string of the molecule is C[Si](C)(C)ONC(=O)[C@H]1Cc2ccccc2CN1S(=O)(=O)c1ccc(-c2ccon2)s1. The number of hydrogen-bond donors (Lipinski definition) is 1. The van der Waals surface area contributed by atoms with Crippen molar-refractivity contribution in [3.8, 4) is 10.6 Å². The van der Waals surface area contributed by atoms with Gasteiger partial charge in [-0.05, 0) is 49.3 Å². The predicted octanol–water partition coefficient (Wildman–Crippen LogP) is 3.40. The molecule has 1 aromatic carbocycles. The molecule has 11 heteroatoms. The summed E-state index contributed by atoms with van der Waals surface area (Å²) in [5.41, 5.74) is 4.90. The largest absolute Gasteiger partial charge is 0.364 e.